The number of hydrogen-bond donors (Lipinski definition) is 8. The van der Waals surface area contributed by atoms with Crippen LogP contribution in [0.3, 0.4) is 0 Å². The predicted molar refractivity (Wildman–Crippen MR) is 115 cm³/mol. The van der Waals surface area contributed by atoms with Gasteiger partial charge in [0, 0.05) is 23.5 Å². The van der Waals surface area contributed by atoms with Gasteiger partial charge in [-0.1, -0.05) is 32.0 Å². The molecule has 174 valence electrons. The van der Waals surface area contributed by atoms with Crippen LogP contribution < -0.4 is 17.2 Å². The molecule has 0 aliphatic rings. The number of rotatable bonds is 7. The number of aliphatic hydroxyl groups excluding tert-OH is 1. The predicted octanol–water partition coefficient (Wildman–Crippen LogP) is -0.0443. The number of nitrogens with two attached hydrogens (primary N) is 3. The molecule has 0 amide bonds. The number of H-pyrrole nitrogens is 1. The van der Waals surface area contributed by atoms with E-state index in [1.165, 1.54) is 6.92 Å². The standard InChI is InChI=1S/C11H12N2O2.C5H11NO2.C4H9NO3/c12-9(11(14)15)5-7-6-13-10-4-2-1-3-8(7)10;1-3(2)4(6)5(7)8;1-2(6)3(5)4(7)8/h1-4,6,9,13H,5,12H2,(H,14,15);3-4H,6H2,1-2H3,(H,7,8);2-3,6H,5H2,1H3,(H,7,8)/t9-;4-;2-,3+/m001/s1. The molecule has 2 aromatic rings. The zero-order chi connectivity index (χ0) is 24.3. The van der Waals surface area contributed by atoms with Crippen LogP contribution in [0.2, 0.25) is 0 Å². The Labute approximate surface area is 179 Å². The van der Waals surface area contributed by atoms with E-state index >= 15 is 0 Å². The van der Waals surface area contributed by atoms with E-state index in [2.05, 4.69) is 4.98 Å². The first-order chi connectivity index (χ1) is 14.3. The highest BCUT2D eigenvalue weighted by Crippen LogP contribution is 2.18. The van der Waals surface area contributed by atoms with Gasteiger partial charge in [-0.05, 0) is 24.5 Å². The molecule has 4 atom stereocenters. The second-order valence-electron chi connectivity index (χ2n) is 7.22. The Hall–Kier alpha value is -2.99. The third kappa shape index (κ3) is 10.0. The Morgan fingerprint density at radius 2 is 1.42 bits per heavy atom. The fraction of sp³-hybridized carbons (Fsp3) is 0.450. The third-order valence-corrected chi connectivity index (χ3v) is 4.24. The minimum absolute atomic E-state index is 0.0208. The van der Waals surface area contributed by atoms with Crippen molar-refractivity contribution in [3.05, 3.63) is 36.0 Å². The van der Waals surface area contributed by atoms with Gasteiger partial charge in [0.1, 0.15) is 18.1 Å². The van der Waals surface area contributed by atoms with Crippen LogP contribution in [0.5, 0.6) is 0 Å². The number of carboxylic acid groups (broad SMARTS) is 3. The Bertz CT molecular complexity index is 827. The number of nitrogens with one attached hydrogen (secondary N) is 1. The van der Waals surface area contributed by atoms with Crippen LogP contribution in [0.25, 0.3) is 10.9 Å². The van der Waals surface area contributed by atoms with Gasteiger partial charge in [0.05, 0.1) is 6.10 Å². The zero-order valence-corrected chi connectivity index (χ0v) is 17.7. The Kier molecular flexibility index (Phi) is 12.1. The van der Waals surface area contributed by atoms with Gasteiger partial charge in [-0.25, -0.2) is 0 Å². The summed E-state index contributed by atoms with van der Waals surface area (Å²) in [5, 5.41) is 34.5. The van der Waals surface area contributed by atoms with E-state index in [9.17, 15) is 14.4 Å². The molecule has 0 saturated heterocycles. The van der Waals surface area contributed by atoms with Crippen molar-refractivity contribution in [2.24, 2.45) is 23.1 Å². The molecular weight excluding hydrogens is 408 g/mol. The number of carboxylic acids is 3. The third-order valence-electron chi connectivity index (χ3n) is 4.24. The van der Waals surface area contributed by atoms with Gasteiger partial charge >= 0.3 is 17.9 Å². The van der Waals surface area contributed by atoms with Gasteiger partial charge in [0.15, 0.2) is 0 Å². The number of aliphatic hydroxyl groups is 1. The summed E-state index contributed by atoms with van der Waals surface area (Å²) in [4.78, 5) is 33.6. The number of hydrogen-bond acceptors (Lipinski definition) is 7. The molecule has 0 aliphatic carbocycles. The summed E-state index contributed by atoms with van der Waals surface area (Å²) >= 11 is 0. The Morgan fingerprint density at radius 3 is 1.77 bits per heavy atom. The first-order valence-corrected chi connectivity index (χ1v) is 9.47. The number of aromatic nitrogens is 1. The average molecular weight is 440 g/mol. The van der Waals surface area contributed by atoms with Crippen molar-refractivity contribution in [2.45, 2.75) is 51.4 Å². The molecule has 2 rings (SSSR count). The molecule has 0 radical (unpaired) electrons. The molecule has 1 aromatic carbocycles. The average Bonchev–Trinajstić information content (AvgIpc) is 3.10. The second kappa shape index (κ2) is 13.3. The molecule has 0 aliphatic heterocycles. The van der Waals surface area contributed by atoms with Crippen LogP contribution in [0.1, 0.15) is 26.3 Å². The summed E-state index contributed by atoms with van der Waals surface area (Å²) in [7, 11) is 0. The normalized spacial score (nSPS) is 14.3. The molecule has 0 fully saturated rings. The maximum atomic E-state index is 10.6. The smallest absolute Gasteiger partial charge is 0.323 e. The van der Waals surface area contributed by atoms with Gasteiger partial charge in [0.2, 0.25) is 0 Å². The molecule has 0 saturated carbocycles. The van der Waals surface area contributed by atoms with Crippen molar-refractivity contribution in [3.63, 3.8) is 0 Å². The minimum atomic E-state index is -1.18. The molecule has 0 spiro atoms. The molecular formula is C20H32N4O7. The summed E-state index contributed by atoms with van der Waals surface area (Å²) in [6.07, 6.45) is 1.18. The first kappa shape index (κ1) is 28.0. The molecule has 11 nitrogen and oxygen atoms in total. The van der Waals surface area contributed by atoms with Gasteiger partial charge < -0.3 is 42.6 Å². The van der Waals surface area contributed by atoms with Crippen molar-refractivity contribution in [1.29, 1.82) is 0 Å². The summed E-state index contributed by atoms with van der Waals surface area (Å²) in [6, 6.07) is 5.04. The van der Waals surface area contributed by atoms with E-state index in [0.29, 0.717) is 6.42 Å². The van der Waals surface area contributed by atoms with Crippen LogP contribution in [0, 0.1) is 5.92 Å². The number of para-hydroxylation sites is 1. The molecule has 11 heteroatoms. The molecule has 31 heavy (non-hydrogen) atoms. The van der Waals surface area contributed by atoms with Crippen molar-refractivity contribution in [1.82, 2.24) is 4.98 Å². The highest BCUT2D eigenvalue weighted by molar-refractivity contribution is 5.84. The van der Waals surface area contributed by atoms with Crippen molar-refractivity contribution in [2.75, 3.05) is 0 Å². The van der Waals surface area contributed by atoms with Gasteiger partial charge in [-0.15, -0.1) is 0 Å². The lowest BCUT2D eigenvalue weighted by Gasteiger charge is -2.07. The fourth-order valence-electron chi connectivity index (χ4n) is 2.12. The largest absolute Gasteiger partial charge is 0.480 e. The highest BCUT2D eigenvalue weighted by Gasteiger charge is 2.16. The maximum absolute atomic E-state index is 10.6. The summed E-state index contributed by atoms with van der Waals surface area (Å²) in [5.41, 5.74) is 17.5. The van der Waals surface area contributed by atoms with E-state index < -0.39 is 42.1 Å². The Balaban J connectivity index is 0.000000483. The van der Waals surface area contributed by atoms with Crippen molar-refractivity contribution in [3.8, 4) is 0 Å². The van der Waals surface area contributed by atoms with E-state index in [-0.39, 0.29) is 5.92 Å². The maximum Gasteiger partial charge on any atom is 0.323 e. The number of carbonyl (C=O) groups is 3. The number of aromatic amines is 1. The lowest BCUT2D eigenvalue weighted by molar-refractivity contribution is -0.141. The molecule has 0 unspecified atom stereocenters. The number of fused-ring (bicyclic) bond motifs is 1. The van der Waals surface area contributed by atoms with E-state index in [0.717, 1.165) is 16.5 Å². The molecule has 11 N–H and O–H groups in total. The van der Waals surface area contributed by atoms with Crippen LogP contribution in [0.4, 0.5) is 0 Å². The SMILES string of the molecule is CC(C)[C@H](N)C(=O)O.C[C@@H](O)[C@H](N)C(=O)O.N[C@@H](Cc1c[nH]c2ccccc12)C(=O)O. The van der Waals surface area contributed by atoms with E-state index in [4.69, 9.17) is 37.6 Å². The minimum Gasteiger partial charge on any atom is -0.480 e. The summed E-state index contributed by atoms with van der Waals surface area (Å²) in [5.74, 6) is -3.06. The van der Waals surface area contributed by atoms with Gasteiger partial charge in [0.25, 0.3) is 0 Å². The van der Waals surface area contributed by atoms with Crippen molar-refractivity contribution < 1.29 is 34.8 Å². The summed E-state index contributed by atoms with van der Waals surface area (Å²) < 4.78 is 0. The van der Waals surface area contributed by atoms with Crippen LogP contribution in [-0.4, -0.2) is 67.5 Å². The monoisotopic (exact) mass is 440 g/mol. The van der Waals surface area contributed by atoms with Crippen LogP contribution in [-0.2, 0) is 20.8 Å². The molecule has 0 bridgehead atoms. The highest BCUT2D eigenvalue weighted by atomic mass is 16.4. The Morgan fingerprint density at radius 1 is 0.903 bits per heavy atom. The van der Waals surface area contributed by atoms with E-state index in [1.807, 2.05) is 30.5 Å². The quantitative estimate of drug-likeness (QED) is 0.286. The van der Waals surface area contributed by atoms with Crippen LogP contribution in [0.15, 0.2) is 30.5 Å². The molecule has 1 heterocycles. The topological polar surface area (TPSA) is 226 Å². The fourth-order valence-corrected chi connectivity index (χ4v) is 2.12. The second-order valence-corrected chi connectivity index (χ2v) is 7.22. The molecule has 1 aromatic heterocycles. The van der Waals surface area contributed by atoms with E-state index in [1.54, 1.807) is 13.8 Å². The van der Waals surface area contributed by atoms with Gasteiger partial charge in [-0.3, -0.25) is 14.4 Å². The number of benzene rings is 1. The lowest BCUT2D eigenvalue weighted by atomic mass is 10.1. The van der Waals surface area contributed by atoms with Gasteiger partial charge in [-0.2, -0.15) is 0 Å². The van der Waals surface area contributed by atoms with Crippen LogP contribution >= 0.6 is 0 Å². The number of aliphatic carboxylic acids is 3. The van der Waals surface area contributed by atoms with Crippen molar-refractivity contribution >= 4 is 28.8 Å². The zero-order valence-electron chi connectivity index (χ0n) is 17.7. The first-order valence-electron chi connectivity index (χ1n) is 9.47. The summed E-state index contributed by atoms with van der Waals surface area (Å²) in [6.45, 7) is 4.89. The lowest BCUT2D eigenvalue weighted by Crippen LogP contribution is -2.39.